The van der Waals surface area contributed by atoms with Gasteiger partial charge in [0.1, 0.15) is 20.7 Å². The van der Waals surface area contributed by atoms with Crippen LogP contribution in [0.25, 0.3) is 16.3 Å². The average molecular weight is 510 g/mol. The monoisotopic (exact) mass is 509 g/mol. The Morgan fingerprint density at radius 3 is 2.44 bits per heavy atom. The molecule has 0 bridgehead atoms. The first-order chi connectivity index (χ1) is 15.0. The number of benzene rings is 2. The normalized spacial score (nSPS) is 16.2. The molecule has 0 radical (unpaired) electrons. The van der Waals surface area contributed by atoms with Crippen molar-refractivity contribution in [3.63, 3.8) is 0 Å². The van der Waals surface area contributed by atoms with Crippen LogP contribution in [-0.2, 0) is 26.1 Å². The maximum Gasteiger partial charge on any atom is 0.263 e. The first-order valence-electron chi connectivity index (χ1n) is 9.23. The maximum atomic E-state index is 11.5. The Kier molecular flexibility index (Phi) is 6.18. The largest absolute Gasteiger partial charge is 0.747 e. The molecule has 168 valence electrons. The Morgan fingerprint density at radius 2 is 1.72 bits per heavy atom. The summed E-state index contributed by atoms with van der Waals surface area (Å²) >= 11 is 2.67. The molecule has 0 amide bonds. The molecule has 0 saturated carbocycles. The highest BCUT2D eigenvalue weighted by Crippen LogP contribution is 2.46. The van der Waals surface area contributed by atoms with Gasteiger partial charge >= 0.3 is 0 Å². The Hall–Kier alpha value is -2.22. The molecule has 1 aliphatic heterocycles. The molecule has 1 aliphatic rings. The van der Waals surface area contributed by atoms with E-state index < -0.39 is 32.0 Å². The number of allylic oxidation sites excluding steroid dienone is 2. The lowest BCUT2D eigenvalue weighted by molar-refractivity contribution is -0.649. The third-order valence-corrected chi connectivity index (χ3v) is 7.92. The van der Waals surface area contributed by atoms with E-state index in [-0.39, 0.29) is 0 Å². The molecule has 0 saturated heterocycles. The van der Waals surface area contributed by atoms with Crippen LogP contribution in [-0.4, -0.2) is 31.8 Å². The van der Waals surface area contributed by atoms with Crippen molar-refractivity contribution in [2.24, 2.45) is 0 Å². The van der Waals surface area contributed by atoms with Crippen molar-refractivity contribution < 1.29 is 30.5 Å². The second-order valence-electron chi connectivity index (χ2n) is 7.08. The fourth-order valence-electron chi connectivity index (χ4n) is 3.33. The van der Waals surface area contributed by atoms with Gasteiger partial charge in [0.25, 0.3) is 5.01 Å². The number of aromatic nitrogens is 1. The molecule has 0 unspecified atom stereocenters. The molecule has 0 atom stereocenters. The summed E-state index contributed by atoms with van der Waals surface area (Å²) in [6.45, 7) is 1.78. The van der Waals surface area contributed by atoms with Crippen LogP contribution in [0.15, 0.2) is 70.1 Å². The minimum atomic E-state index is -4.52. The summed E-state index contributed by atoms with van der Waals surface area (Å²) in [4.78, 5) is 2.27. The van der Waals surface area contributed by atoms with Crippen molar-refractivity contribution in [1.29, 1.82) is 0 Å². The summed E-state index contributed by atoms with van der Waals surface area (Å²) in [7, 11) is -9.05. The van der Waals surface area contributed by atoms with Gasteiger partial charge in [-0.25, -0.2) is 16.8 Å². The molecule has 0 aliphatic carbocycles. The highest BCUT2D eigenvalue weighted by Gasteiger charge is 2.26. The third-order valence-electron chi connectivity index (χ3n) is 4.55. The van der Waals surface area contributed by atoms with E-state index in [0.29, 0.717) is 26.8 Å². The molecule has 2 aromatic carbocycles. The fourth-order valence-corrected chi connectivity index (χ4v) is 7.03. The van der Waals surface area contributed by atoms with Gasteiger partial charge in [-0.15, -0.1) is 0 Å². The van der Waals surface area contributed by atoms with Crippen molar-refractivity contribution in [2.45, 2.75) is 17.7 Å². The molecule has 0 spiro atoms. The topological polar surface area (TPSA) is 122 Å². The van der Waals surface area contributed by atoms with Crippen LogP contribution in [0.4, 0.5) is 5.69 Å². The zero-order valence-electron chi connectivity index (χ0n) is 16.7. The summed E-state index contributed by atoms with van der Waals surface area (Å²) in [5, 5.41) is 1.12. The highest BCUT2D eigenvalue weighted by molar-refractivity contribution is 8.03. The molecule has 0 N–H and O–H groups in total. The van der Waals surface area contributed by atoms with Crippen LogP contribution in [0.1, 0.15) is 11.9 Å². The summed E-state index contributed by atoms with van der Waals surface area (Å²) < 4.78 is 71.0. The van der Waals surface area contributed by atoms with Gasteiger partial charge in [-0.05, 0) is 36.8 Å². The van der Waals surface area contributed by atoms with E-state index in [4.69, 9.17) is 0 Å². The van der Waals surface area contributed by atoms with Gasteiger partial charge in [0, 0.05) is 17.0 Å². The summed E-state index contributed by atoms with van der Waals surface area (Å²) in [5.74, 6) is -1.40. The molecule has 2 heterocycles. The van der Waals surface area contributed by atoms with Crippen LogP contribution < -0.4 is 9.47 Å². The number of thioether (sulfide) groups is 1. The van der Waals surface area contributed by atoms with Crippen molar-refractivity contribution in [3.8, 4) is 0 Å². The number of anilines is 1. The minimum absolute atomic E-state index is 0.559. The van der Waals surface area contributed by atoms with Crippen molar-refractivity contribution in [1.82, 2.24) is 0 Å². The SMILES string of the molecule is CC(=Cc1sc2ccccc2[n+]1CS(=O)(=O)[O-])C=C1Sc2ccccc2N1CS(=O)(=O)[O-]. The summed E-state index contributed by atoms with van der Waals surface area (Å²) in [5.41, 5.74) is 1.95. The third kappa shape index (κ3) is 5.22. The van der Waals surface area contributed by atoms with E-state index in [2.05, 4.69) is 0 Å². The molecule has 12 heteroatoms. The molecule has 8 nitrogen and oxygen atoms in total. The number of rotatable bonds is 6. The van der Waals surface area contributed by atoms with Gasteiger partial charge in [-0.1, -0.05) is 47.4 Å². The number of fused-ring (bicyclic) bond motifs is 2. The molecular formula is C20H17N2O6S4-. The highest BCUT2D eigenvalue weighted by atomic mass is 32.2. The molecule has 1 aromatic heterocycles. The predicted octanol–water partition coefficient (Wildman–Crippen LogP) is 3.05. The Labute approximate surface area is 194 Å². The molecule has 0 fully saturated rings. The van der Waals surface area contributed by atoms with Gasteiger partial charge < -0.3 is 14.0 Å². The van der Waals surface area contributed by atoms with Gasteiger partial charge in [0.15, 0.2) is 10.1 Å². The van der Waals surface area contributed by atoms with Crippen LogP contribution >= 0.6 is 23.1 Å². The molecule has 32 heavy (non-hydrogen) atoms. The Morgan fingerprint density at radius 1 is 1.03 bits per heavy atom. The van der Waals surface area contributed by atoms with E-state index in [0.717, 1.165) is 9.60 Å². The average Bonchev–Trinajstić information content (AvgIpc) is 3.18. The number of hydrogen-bond donors (Lipinski definition) is 0. The Bertz CT molecular complexity index is 1470. The van der Waals surface area contributed by atoms with Gasteiger partial charge in [0.05, 0.1) is 10.7 Å². The second-order valence-corrected chi connectivity index (χ2v) is 11.9. The molecule has 3 aromatic rings. The minimum Gasteiger partial charge on any atom is -0.747 e. The maximum absolute atomic E-state index is 11.5. The van der Waals surface area contributed by atoms with E-state index in [1.54, 1.807) is 43.3 Å². The van der Waals surface area contributed by atoms with E-state index in [1.165, 1.54) is 32.6 Å². The van der Waals surface area contributed by atoms with Crippen molar-refractivity contribution in [3.05, 3.63) is 70.2 Å². The standard InChI is InChI=1S/C20H18N2O6S4/c1-14(10-19-21(12-31(23,24)25)15-6-2-4-8-17(15)29-19)11-20-22(13-32(26,27)28)16-7-3-5-9-18(16)30-20/h2-11H,12-13H2,1H3,(H-,23,24,25,26,27,28)/p-1. The second kappa shape index (κ2) is 8.61. The summed E-state index contributed by atoms with van der Waals surface area (Å²) in [6.07, 6.45) is 3.46. The van der Waals surface area contributed by atoms with Gasteiger partial charge in [-0.3, -0.25) is 0 Å². The smallest absolute Gasteiger partial charge is 0.263 e. The first kappa shape index (κ1) is 23.0. The Balaban J connectivity index is 1.76. The number of para-hydroxylation sites is 2. The van der Waals surface area contributed by atoms with Crippen molar-refractivity contribution >= 4 is 65.3 Å². The quantitative estimate of drug-likeness (QED) is 0.367. The predicted molar refractivity (Wildman–Crippen MR) is 123 cm³/mol. The van der Waals surface area contributed by atoms with E-state index in [9.17, 15) is 25.9 Å². The number of hydrogen-bond acceptors (Lipinski definition) is 9. The number of thiazole rings is 1. The van der Waals surface area contributed by atoms with Crippen molar-refractivity contribution in [2.75, 3.05) is 10.8 Å². The van der Waals surface area contributed by atoms with Crippen LogP contribution in [0.3, 0.4) is 0 Å². The lowest BCUT2D eigenvalue weighted by Crippen LogP contribution is -2.39. The fraction of sp³-hybridized carbons (Fsp3) is 0.150. The van der Waals surface area contributed by atoms with Crippen LogP contribution in [0, 0.1) is 0 Å². The number of nitrogens with zero attached hydrogens (tertiary/aromatic N) is 2. The van der Waals surface area contributed by atoms with Crippen LogP contribution in [0.5, 0.6) is 0 Å². The van der Waals surface area contributed by atoms with E-state index in [1.807, 2.05) is 24.3 Å². The molecule has 4 rings (SSSR count). The zero-order valence-corrected chi connectivity index (χ0v) is 19.9. The lowest BCUT2D eigenvalue weighted by Gasteiger charge is -2.22. The summed E-state index contributed by atoms with van der Waals surface area (Å²) in [6, 6.07) is 14.3. The van der Waals surface area contributed by atoms with Gasteiger partial charge in [-0.2, -0.15) is 4.57 Å². The zero-order chi connectivity index (χ0) is 23.1. The lowest BCUT2D eigenvalue weighted by atomic mass is 10.2. The van der Waals surface area contributed by atoms with Gasteiger partial charge in [0.2, 0.25) is 11.4 Å². The first-order valence-corrected chi connectivity index (χ1v) is 14.0. The van der Waals surface area contributed by atoms with Crippen LogP contribution in [0.2, 0.25) is 0 Å². The molecular weight excluding hydrogens is 492 g/mol. The van der Waals surface area contributed by atoms with E-state index >= 15 is 0 Å².